The number of rotatable bonds is 6. The molecule has 0 amide bonds. The molecule has 1 aromatic carbocycles. The highest BCUT2D eigenvalue weighted by Crippen LogP contribution is 2.11. The Kier molecular flexibility index (Phi) is 7.95. The van der Waals surface area contributed by atoms with Gasteiger partial charge in [0.05, 0.1) is 7.11 Å². The van der Waals surface area contributed by atoms with Crippen LogP contribution < -0.4 is 10.1 Å². The minimum absolute atomic E-state index is 0.892. The Morgan fingerprint density at radius 3 is 2.26 bits per heavy atom. The number of carbonyl (C=O) groups is 2. The number of H-pyrrole nitrogens is 1. The molecule has 7 heteroatoms. The van der Waals surface area contributed by atoms with Gasteiger partial charge in [0.2, 0.25) is 0 Å². The van der Waals surface area contributed by atoms with Crippen LogP contribution in [0.25, 0.3) is 0 Å². The molecular formula is C16H20N2O5. The first-order chi connectivity index (χ1) is 11.0. The molecule has 0 atom stereocenters. The van der Waals surface area contributed by atoms with Crippen LogP contribution in [0.3, 0.4) is 0 Å². The van der Waals surface area contributed by atoms with Crippen LogP contribution in [0.1, 0.15) is 11.3 Å². The van der Waals surface area contributed by atoms with E-state index in [0.29, 0.717) is 0 Å². The molecule has 124 valence electrons. The van der Waals surface area contributed by atoms with E-state index < -0.39 is 11.9 Å². The first-order valence-electron chi connectivity index (χ1n) is 6.95. The van der Waals surface area contributed by atoms with Crippen LogP contribution in [-0.4, -0.2) is 40.8 Å². The first-order valence-corrected chi connectivity index (χ1v) is 6.95. The first kappa shape index (κ1) is 18.2. The van der Waals surface area contributed by atoms with Gasteiger partial charge in [-0.3, -0.25) is 0 Å². The number of ether oxygens (including phenoxy) is 1. The quantitative estimate of drug-likeness (QED) is 0.474. The molecule has 0 bridgehead atoms. The van der Waals surface area contributed by atoms with Gasteiger partial charge in [0.1, 0.15) is 5.75 Å². The summed E-state index contributed by atoms with van der Waals surface area (Å²) in [5.74, 6) is -2.74. The van der Waals surface area contributed by atoms with Gasteiger partial charge in [-0.05, 0) is 42.8 Å². The number of hydrogen-bond acceptors (Lipinski definition) is 4. The number of carboxylic acids is 2. The fourth-order valence-electron chi connectivity index (χ4n) is 1.73. The maximum absolute atomic E-state index is 9.10. The maximum Gasteiger partial charge on any atom is 0.414 e. The van der Waals surface area contributed by atoms with Crippen molar-refractivity contribution in [1.29, 1.82) is 0 Å². The van der Waals surface area contributed by atoms with Crippen molar-refractivity contribution in [3.8, 4) is 5.75 Å². The zero-order chi connectivity index (χ0) is 17.1. The zero-order valence-corrected chi connectivity index (χ0v) is 12.8. The third-order valence-corrected chi connectivity index (χ3v) is 2.91. The molecule has 0 aliphatic carbocycles. The van der Waals surface area contributed by atoms with Gasteiger partial charge in [0.15, 0.2) is 0 Å². The summed E-state index contributed by atoms with van der Waals surface area (Å²) >= 11 is 0. The van der Waals surface area contributed by atoms with E-state index in [-0.39, 0.29) is 0 Å². The van der Waals surface area contributed by atoms with Crippen molar-refractivity contribution in [2.45, 2.75) is 13.0 Å². The van der Waals surface area contributed by atoms with Crippen molar-refractivity contribution in [1.82, 2.24) is 10.3 Å². The average Bonchev–Trinajstić information content (AvgIpc) is 3.06. The van der Waals surface area contributed by atoms with Crippen LogP contribution in [0.5, 0.6) is 5.75 Å². The van der Waals surface area contributed by atoms with Crippen LogP contribution in [0, 0.1) is 0 Å². The zero-order valence-electron chi connectivity index (χ0n) is 12.8. The molecule has 2 aromatic rings. The number of nitrogens with one attached hydrogen (secondary N) is 2. The van der Waals surface area contributed by atoms with Crippen LogP contribution in [0.15, 0.2) is 42.6 Å². The molecule has 23 heavy (non-hydrogen) atoms. The topological polar surface area (TPSA) is 112 Å². The van der Waals surface area contributed by atoms with Crippen molar-refractivity contribution in [2.24, 2.45) is 0 Å². The molecule has 0 unspecified atom stereocenters. The Balaban J connectivity index is 0.000000379. The summed E-state index contributed by atoms with van der Waals surface area (Å²) in [7, 11) is 1.69. The molecular weight excluding hydrogens is 300 g/mol. The number of carboxylic acid groups (broad SMARTS) is 2. The minimum atomic E-state index is -1.82. The van der Waals surface area contributed by atoms with E-state index >= 15 is 0 Å². The maximum atomic E-state index is 9.10. The second kappa shape index (κ2) is 10.0. The van der Waals surface area contributed by atoms with E-state index in [2.05, 4.69) is 28.5 Å². The second-order valence-electron chi connectivity index (χ2n) is 4.58. The van der Waals surface area contributed by atoms with E-state index in [0.717, 1.165) is 25.3 Å². The second-order valence-corrected chi connectivity index (χ2v) is 4.58. The van der Waals surface area contributed by atoms with Crippen LogP contribution in [0.4, 0.5) is 0 Å². The Hall–Kier alpha value is -2.80. The third kappa shape index (κ3) is 7.68. The van der Waals surface area contributed by atoms with E-state index in [4.69, 9.17) is 24.5 Å². The highest BCUT2D eigenvalue weighted by Gasteiger charge is 2.04. The van der Waals surface area contributed by atoms with Crippen molar-refractivity contribution in [3.05, 3.63) is 53.9 Å². The number of hydrogen-bond donors (Lipinski definition) is 4. The van der Waals surface area contributed by atoms with Crippen LogP contribution >= 0.6 is 0 Å². The molecule has 1 heterocycles. The van der Waals surface area contributed by atoms with Crippen molar-refractivity contribution < 1.29 is 24.5 Å². The van der Waals surface area contributed by atoms with Gasteiger partial charge >= 0.3 is 11.9 Å². The molecule has 7 nitrogen and oxygen atoms in total. The summed E-state index contributed by atoms with van der Waals surface area (Å²) in [6.07, 6.45) is 2.98. The van der Waals surface area contributed by atoms with Crippen LogP contribution in [0.2, 0.25) is 0 Å². The largest absolute Gasteiger partial charge is 0.497 e. The Labute approximate surface area is 133 Å². The molecule has 2 rings (SSSR count). The number of aliphatic carboxylic acids is 2. The normalized spacial score (nSPS) is 9.61. The Morgan fingerprint density at radius 1 is 1.13 bits per heavy atom. The van der Waals surface area contributed by atoms with Gasteiger partial charge < -0.3 is 25.3 Å². The van der Waals surface area contributed by atoms with Gasteiger partial charge in [-0.1, -0.05) is 12.1 Å². The van der Waals surface area contributed by atoms with Crippen LogP contribution in [-0.2, 0) is 22.6 Å². The lowest BCUT2D eigenvalue weighted by Crippen LogP contribution is -2.16. The molecule has 4 N–H and O–H groups in total. The molecule has 0 spiro atoms. The highest BCUT2D eigenvalue weighted by atomic mass is 16.5. The average molecular weight is 320 g/mol. The van der Waals surface area contributed by atoms with E-state index in [1.165, 1.54) is 11.3 Å². The van der Waals surface area contributed by atoms with Gasteiger partial charge in [0, 0.05) is 18.4 Å². The monoisotopic (exact) mass is 320 g/mol. The van der Waals surface area contributed by atoms with Gasteiger partial charge in [-0.2, -0.15) is 0 Å². The molecule has 0 radical (unpaired) electrons. The SMILES string of the molecule is COc1ccc(CCNCc2ccc[nH]2)cc1.O=C(O)C(=O)O. The lowest BCUT2D eigenvalue weighted by Gasteiger charge is -2.05. The van der Waals surface area contributed by atoms with E-state index in [1.807, 2.05) is 24.4 Å². The van der Waals surface area contributed by atoms with Gasteiger partial charge in [-0.15, -0.1) is 0 Å². The summed E-state index contributed by atoms with van der Waals surface area (Å²) in [6, 6.07) is 12.3. The number of aromatic amines is 1. The Bertz CT molecular complexity index is 581. The standard InChI is InChI=1S/C14H18N2O.C2H2O4/c1-17-14-6-4-12(5-7-14)8-10-15-11-13-3-2-9-16-13;3-1(4)2(5)6/h2-7,9,15-16H,8,10-11H2,1H3;(H,3,4)(H,5,6). The summed E-state index contributed by atoms with van der Waals surface area (Å²) in [6.45, 7) is 1.87. The molecule has 0 saturated heterocycles. The predicted molar refractivity (Wildman–Crippen MR) is 84.5 cm³/mol. The molecule has 0 fully saturated rings. The lowest BCUT2D eigenvalue weighted by molar-refractivity contribution is -0.159. The number of benzene rings is 1. The van der Waals surface area contributed by atoms with Crippen molar-refractivity contribution in [2.75, 3.05) is 13.7 Å². The van der Waals surface area contributed by atoms with E-state index in [9.17, 15) is 0 Å². The molecule has 0 aliphatic heterocycles. The minimum Gasteiger partial charge on any atom is -0.497 e. The fourth-order valence-corrected chi connectivity index (χ4v) is 1.73. The van der Waals surface area contributed by atoms with E-state index in [1.54, 1.807) is 7.11 Å². The number of methoxy groups -OCH3 is 1. The van der Waals surface area contributed by atoms with Crippen molar-refractivity contribution in [3.63, 3.8) is 0 Å². The smallest absolute Gasteiger partial charge is 0.414 e. The third-order valence-electron chi connectivity index (χ3n) is 2.91. The summed E-state index contributed by atoms with van der Waals surface area (Å²) in [5, 5.41) is 18.2. The lowest BCUT2D eigenvalue weighted by atomic mass is 10.1. The van der Waals surface area contributed by atoms with Gasteiger partial charge in [0.25, 0.3) is 0 Å². The predicted octanol–water partition coefficient (Wildman–Crippen LogP) is 1.51. The summed E-state index contributed by atoms with van der Waals surface area (Å²) < 4.78 is 5.12. The Morgan fingerprint density at radius 2 is 1.78 bits per heavy atom. The van der Waals surface area contributed by atoms with Crippen molar-refractivity contribution >= 4 is 11.9 Å². The van der Waals surface area contributed by atoms with Gasteiger partial charge in [-0.25, -0.2) is 9.59 Å². The molecule has 1 aromatic heterocycles. The molecule has 0 aliphatic rings. The molecule has 0 saturated carbocycles. The summed E-state index contributed by atoms with van der Waals surface area (Å²) in [5.41, 5.74) is 2.55. The fraction of sp³-hybridized carbons (Fsp3) is 0.250. The number of aromatic nitrogens is 1. The highest BCUT2D eigenvalue weighted by molar-refractivity contribution is 6.27. The summed E-state index contributed by atoms with van der Waals surface area (Å²) in [4.78, 5) is 21.4.